The molecule has 0 amide bonds. The van der Waals surface area contributed by atoms with Crippen molar-refractivity contribution in [1.29, 1.82) is 0 Å². The Bertz CT molecular complexity index is 210. The smallest absolute Gasteiger partial charge is 0.201 e. The largest absolute Gasteiger partial charge is 0.301 e. The molecule has 0 saturated heterocycles. The molecule has 0 radical (unpaired) electrons. The summed E-state index contributed by atoms with van der Waals surface area (Å²) in [5, 5.41) is 10.1. The zero-order valence-corrected chi connectivity index (χ0v) is 6.20. The second-order valence-electron chi connectivity index (χ2n) is 2.36. The Morgan fingerprint density at radius 3 is 2.27 bits per heavy atom. The van der Waals surface area contributed by atoms with E-state index < -0.39 is 12.2 Å². The molecule has 0 saturated carbocycles. The average Bonchev–Trinajstić information content (AvgIpc) is 2.33. The number of hydrogen-bond donors (Lipinski definition) is 0. The molecule has 1 aromatic rings. The molecule has 11 heavy (non-hydrogen) atoms. The highest BCUT2D eigenvalue weighted by Crippen LogP contribution is 2.12. The van der Waals surface area contributed by atoms with Crippen molar-refractivity contribution >= 4 is 0 Å². The van der Waals surface area contributed by atoms with Gasteiger partial charge >= 0.3 is 6.43 Å². The Hall–Kier alpha value is -1.07. The van der Waals surface area contributed by atoms with Crippen molar-refractivity contribution in [3.63, 3.8) is 0 Å². The lowest BCUT2D eigenvalue weighted by Crippen LogP contribution is -2.05. The topological polar surface area (TPSA) is 43.6 Å². The van der Waals surface area contributed by atoms with Crippen molar-refractivity contribution in [2.75, 3.05) is 0 Å². The van der Waals surface area contributed by atoms with E-state index in [9.17, 15) is 8.78 Å². The maximum atomic E-state index is 11.9. The molecule has 0 N–H and O–H groups in total. The molecule has 1 heterocycles. The molecule has 0 atom stereocenters. The molecule has 62 valence electrons. The van der Waals surface area contributed by atoms with Crippen LogP contribution in [0.4, 0.5) is 8.78 Å². The number of hydrogen-bond acceptors (Lipinski definition) is 3. The maximum absolute atomic E-state index is 11.9. The van der Waals surface area contributed by atoms with Crippen LogP contribution in [0.1, 0.15) is 32.1 Å². The number of aromatic nitrogens is 4. The van der Waals surface area contributed by atoms with Gasteiger partial charge < -0.3 is 0 Å². The molecular weight excluding hydrogens is 154 g/mol. The van der Waals surface area contributed by atoms with Gasteiger partial charge in [-0.25, -0.2) is 8.78 Å². The van der Waals surface area contributed by atoms with E-state index >= 15 is 0 Å². The molecule has 4 nitrogen and oxygen atoms in total. The Labute approximate surface area is 62.2 Å². The van der Waals surface area contributed by atoms with E-state index in [1.54, 1.807) is 13.8 Å². The minimum atomic E-state index is -2.64. The van der Waals surface area contributed by atoms with Gasteiger partial charge in [0.15, 0.2) is 0 Å². The molecule has 0 fully saturated rings. The van der Waals surface area contributed by atoms with Gasteiger partial charge in [-0.1, -0.05) is 0 Å². The van der Waals surface area contributed by atoms with Gasteiger partial charge in [-0.15, -0.1) is 10.2 Å². The van der Waals surface area contributed by atoms with Crippen LogP contribution in [0, 0.1) is 0 Å². The van der Waals surface area contributed by atoms with Gasteiger partial charge in [-0.2, -0.15) is 4.80 Å². The zero-order valence-electron chi connectivity index (χ0n) is 6.20. The van der Waals surface area contributed by atoms with E-state index in [-0.39, 0.29) is 6.04 Å². The number of halogens is 2. The molecule has 0 bridgehead atoms. The lowest BCUT2D eigenvalue weighted by atomic mass is 10.4. The van der Waals surface area contributed by atoms with Crippen molar-refractivity contribution in [3.8, 4) is 0 Å². The van der Waals surface area contributed by atoms with Gasteiger partial charge in [0.1, 0.15) is 0 Å². The van der Waals surface area contributed by atoms with Crippen LogP contribution in [0.15, 0.2) is 0 Å². The van der Waals surface area contributed by atoms with E-state index in [0.717, 1.165) is 4.80 Å². The summed E-state index contributed by atoms with van der Waals surface area (Å²) in [6.45, 7) is 3.58. The third kappa shape index (κ3) is 1.69. The van der Waals surface area contributed by atoms with Crippen molar-refractivity contribution in [3.05, 3.63) is 5.82 Å². The molecule has 1 rings (SSSR count). The Balaban J connectivity index is 2.82. The van der Waals surface area contributed by atoms with Gasteiger partial charge in [0, 0.05) is 0 Å². The molecule has 0 aliphatic carbocycles. The number of tetrazole rings is 1. The molecule has 0 aliphatic heterocycles. The third-order valence-corrected chi connectivity index (χ3v) is 1.10. The molecule has 6 heteroatoms. The predicted molar refractivity (Wildman–Crippen MR) is 33.2 cm³/mol. The first-order valence-corrected chi connectivity index (χ1v) is 3.19. The van der Waals surface area contributed by atoms with Crippen molar-refractivity contribution in [1.82, 2.24) is 20.2 Å². The van der Waals surface area contributed by atoms with E-state index in [4.69, 9.17) is 0 Å². The van der Waals surface area contributed by atoms with Crippen LogP contribution in [0.5, 0.6) is 0 Å². The van der Waals surface area contributed by atoms with E-state index in [0.29, 0.717) is 0 Å². The van der Waals surface area contributed by atoms with E-state index in [2.05, 4.69) is 15.4 Å². The Kier molecular flexibility index (Phi) is 2.11. The summed E-state index contributed by atoms with van der Waals surface area (Å²) >= 11 is 0. The van der Waals surface area contributed by atoms with Crippen molar-refractivity contribution in [2.45, 2.75) is 26.3 Å². The summed E-state index contributed by atoms with van der Waals surface area (Å²) in [6.07, 6.45) is -2.64. The first kappa shape index (κ1) is 8.03. The van der Waals surface area contributed by atoms with Gasteiger partial charge in [0.25, 0.3) is 0 Å². The quantitative estimate of drug-likeness (QED) is 0.656. The fourth-order valence-corrected chi connectivity index (χ4v) is 0.543. The standard InChI is InChI=1S/C5H8F2N4/c1-3(2)11-9-5(4(6)7)8-10-11/h3-4H,1-2H3. The van der Waals surface area contributed by atoms with Crippen LogP contribution in [0.2, 0.25) is 0 Å². The SMILES string of the molecule is CC(C)n1nnc(C(F)F)n1. The van der Waals surface area contributed by atoms with E-state index in [1.165, 1.54) is 0 Å². The lowest BCUT2D eigenvalue weighted by Gasteiger charge is -1.98. The van der Waals surface area contributed by atoms with Crippen LogP contribution < -0.4 is 0 Å². The number of rotatable bonds is 2. The van der Waals surface area contributed by atoms with Crippen molar-refractivity contribution in [2.24, 2.45) is 0 Å². The molecule has 0 unspecified atom stereocenters. The zero-order chi connectivity index (χ0) is 8.43. The van der Waals surface area contributed by atoms with Gasteiger partial charge in [-0.05, 0) is 19.1 Å². The summed E-state index contributed by atoms with van der Waals surface area (Å²) in [6, 6.07) is -0.0324. The van der Waals surface area contributed by atoms with Gasteiger partial charge in [0.2, 0.25) is 5.82 Å². The van der Waals surface area contributed by atoms with Crippen LogP contribution in [0.25, 0.3) is 0 Å². The van der Waals surface area contributed by atoms with Crippen LogP contribution in [0.3, 0.4) is 0 Å². The Morgan fingerprint density at radius 1 is 1.36 bits per heavy atom. The molecule has 0 aliphatic rings. The minimum absolute atomic E-state index is 0.0324. The summed E-state index contributed by atoms with van der Waals surface area (Å²) < 4.78 is 23.7. The monoisotopic (exact) mass is 162 g/mol. The van der Waals surface area contributed by atoms with Crippen LogP contribution in [-0.4, -0.2) is 20.2 Å². The summed E-state index contributed by atoms with van der Waals surface area (Å²) in [5.74, 6) is -0.515. The first-order chi connectivity index (χ1) is 5.11. The summed E-state index contributed by atoms with van der Waals surface area (Å²) in [5.41, 5.74) is 0. The highest BCUT2D eigenvalue weighted by Gasteiger charge is 2.14. The van der Waals surface area contributed by atoms with Gasteiger partial charge in [0.05, 0.1) is 6.04 Å². The highest BCUT2D eigenvalue weighted by molar-refractivity contribution is 4.77. The number of nitrogens with zero attached hydrogens (tertiary/aromatic N) is 4. The first-order valence-electron chi connectivity index (χ1n) is 3.19. The second kappa shape index (κ2) is 2.89. The fourth-order valence-electron chi connectivity index (χ4n) is 0.543. The van der Waals surface area contributed by atoms with Crippen LogP contribution >= 0.6 is 0 Å². The maximum Gasteiger partial charge on any atom is 0.301 e. The molecular formula is C5H8F2N4. The summed E-state index contributed by atoms with van der Waals surface area (Å²) in [7, 11) is 0. The summed E-state index contributed by atoms with van der Waals surface area (Å²) in [4.78, 5) is 1.15. The van der Waals surface area contributed by atoms with Crippen molar-refractivity contribution < 1.29 is 8.78 Å². The molecule has 0 spiro atoms. The van der Waals surface area contributed by atoms with Crippen LogP contribution in [-0.2, 0) is 0 Å². The highest BCUT2D eigenvalue weighted by atomic mass is 19.3. The second-order valence-corrected chi connectivity index (χ2v) is 2.36. The van der Waals surface area contributed by atoms with E-state index in [1.807, 2.05) is 0 Å². The lowest BCUT2D eigenvalue weighted by molar-refractivity contribution is 0.139. The Morgan fingerprint density at radius 2 is 2.00 bits per heavy atom. The fraction of sp³-hybridized carbons (Fsp3) is 0.800. The minimum Gasteiger partial charge on any atom is -0.201 e. The van der Waals surface area contributed by atoms with Gasteiger partial charge in [-0.3, -0.25) is 0 Å². The number of alkyl halides is 2. The molecule has 1 aromatic heterocycles. The normalized spacial score (nSPS) is 11.5. The third-order valence-electron chi connectivity index (χ3n) is 1.10. The molecule has 0 aromatic carbocycles. The predicted octanol–water partition coefficient (Wildman–Crippen LogP) is 1.19. The average molecular weight is 162 g/mol.